The lowest BCUT2D eigenvalue weighted by Gasteiger charge is -2.27. The van der Waals surface area contributed by atoms with Crippen molar-refractivity contribution in [1.29, 1.82) is 0 Å². The van der Waals surface area contributed by atoms with Crippen molar-refractivity contribution in [2.75, 3.05) is 13.1 Å². The van der Waals surface area contributed by atoms with Crippen LogP contribution in [0.2, 0.25) is 0 Å². The fourth-order valence-corrected chi connectivity index (χ4v) is 3.64. The first-order chi connectivity index (χ1) is 11.7. The molecule has 1 atom stereocenters. The van der Waals surface area contributed by atoms with Gasteiger partial charge in [0.2, 0.25) is 0 Å². The Hall–Kier alpha value is -2.42. The van der Waals surface area contributed by atoms with Crippen molar-refractivity contribution in [2.24, 2.45) is 5.41 Å². The number of hydrogen-bond donors (Lipinski definition) is 1. The molecule has 0 aliphatic carbocycles. The van der Waals surface area contributed by atoms with Gasteiger partial charge in [-0.15, -0.1) is 11.3 Å². The third-order valence-corrected chi connectivity index (χ3v) is 5.28. The van der Waals surface area contributed by atoms with E-state index in [0.717, 1.165) is 21.8 Å². The molecule has 132 valence electrons. The number of hydrogen-bond acceptors (Lipinski definition) is 4. The second-order valence-corrected chi connectivity index (χ2v) is 6.79. The molecule has 2 aromatic rings. The number of rotatable bonds is 3. The van der Waals surface area contributed by atoms with Crippen molar-refractivity contribution >= 4 is 23.2 Å². The molecule has 9 heteroatoms. The molecule has 1 unspecified atom stereocenters. The molecule has 0 bridgehead atoms. The minimum absolute atomic E-state index is 0.183. The number of nitrogens with zero attached hydrogens (tertiary/aromatic N) is 2. The van der Waals surface area contributed by atoms with Crippen LogP contribution in [0.1, 0.15) is 16.1 Å². The van der Waals surface area contributed by atoms with Crippen LogP contribution < -0.4 is 0 Å². The normalized spacial score (nSPS) is 20.7. The summed E-state index contributed by atoms with van der Waals surface area (Å²) in [5, 5.41) is 9.63. The molecule has 1 saturated heterocycles. The summed E-state index contributed by atoms with van der Waals surface area (Å²) in [6.45, 7) is -1.15. The molecule has 5 nitrogen and oxygen atoms in total. The van der Waals surface area contributed by atoms with Crippen LogP contribution >= 0.6 is 11.3 Å². The number of halogens is 3. The van der Waals surface area contributed by atoms with Crippen molar-refractivity contribution in [3.63, 3.8) is 0 Å². The van der Waals surface area contributed by atoms with Crippen molar-refractivity contribution in [1.82, 2.24) is 9.88 Å². The molecular formula is C16H13F3N2O3S. The summed E-state index contributed by atoms with van der Waals surface area (Å²) >= 11 is 1.07. The van der Waals surface area contributed by atoms with Crippen LogP contribution in [0.3, 0.4) is 0 Å². The summed E-state index contributed by atoms with van der Waals surface area (Å²) in [4.78, 5) is 28.9. The van der Waals surface area contributed by atoms with Crippen molar-refractivity contribution < 1.29 is 27.9 Å². The quantitative estimate of drug-likeness (QED) is 0.900. The second kappa shape index (κ2) is 6.14. The lowest BCUT2D eigenvalue weighted by Crippen LogP contribution is -2.47. The molecular weight excluding hydrogens is 357 g/mol. The Kier molecular flexibility index (Phi) is 4.28. The predicted molar refractivity (Wildman–Crippen MR) is 84.2 cm³/mol. The first-order valence-corrected chi connectivity index (χ1v) is 8.17. The number of alkyl halides is 3. The Morgan fingerprint density at radius 3 is 2.48 bits per heavy atom. The van der Waals surface area contributed by atoms with Gasteiger partial charge in [-0.2, -0.15) is 13.2 Å². The van der Waals surface area contributed by atoms with E-state index in [9.17, 15) is 22.8 Å². The van der Waals surface area contributed by atoms with Gasteiger partial charge in [0.15, 0.2) is 5.41 Å². The molecule has 1 N–H and O–H groups in total. The largest absolute Gasteiger partial charge is 0.481 e. The SMILES string of the molecule is O=C(c1cnc(-c2ccccc2)s1)N1CCC(C(=O)O)(C(F)(F)F)C1. The van der Waals surface area contributed by atoms with E-state index in [1.54, 1.807) is 0 Å². The molecule has 0 saturated carbocycles. The van der Waals surface area contributed by atoms with Crippen LogP contribution in [0.4, 0.5) is 13.2 Å². The summed E-state index contributed by atoms with van der Waals surface area (Å²) < 4.78 is 39.6. The first kappa shape index (κ1) is 17.4. The first-order valence-electron chi connectivity index (χ1n) is 7.35. The number of likely N-dealkylation sites (tertiary alicyclic amines) is 1. The molecule has 1 aliphatic rings. The van der Waals surface area contributed by atoms with Crippen molar-refractivity contribution in [3.05, 3.63) is 41.4 Å². The van der Waals surface area contributed by atoms with E-state index in [1.807, 2.05) is 30.3 Å². The zero-order valence-corrected chi connectivity index (χ0v) is 13.6. The minimum atomic E-state index is -4.92. The van der Waals surface area contributed by atoms with Gasteiger partial charge >= 0.3 is 12.1 Å². The van der Waals surface area contributed by atoms with E-state index in [2.05, 4.69) is 4.98 Å². The number of thiazole rings is 1. The summed E-state index contributed by atoms with van der Waals surface area (Å²) in [6, 6.07) is 9.06. The number of carbonyl (C=O) groups is 2. The minimum Gasteiger partial charge on any atom is -0.481 e. The van der Waals surface area contributed by atoms with Gasteiger partial charge in [-0.25, -0.2) is 4.98 Å². The average molecular weight is 370 g/mol. The highest BCUT2D eigenvalue weighted by atomic mass is 32.1. The number of aromatic nitrogens is 1. The van der Waals surface area contributed by atoms with Gasteiger partial charge in [0.05, 0.1) is 6.20 Å². The van der Waals surface area contributed by atoms with E-state index >= 15 is 0 Å². The summed E-state index contributed by atoms with van der Waals surface area (Å²) in [6.07, 6.45) is -4.26. The molecule has 1 fully saturated rings. The third kappa shape index (κ3) is 2.99. The molecule has 1 aliphatic heterocycles. The van der Waals surface area contributed by atoms with Crippen LogP contribution in [-0.4, -0.2) is 46.1 Å². The van der Waals surface area contributed by atoms with E-state index in [-0.39, 0.29) is 11.4 Å². The van der Waals surface area contributed by atoms with Gasteiger partial charge in [-0.3, -0.25) is 9.59 Å². The number of aliphatic carboxylic acids is 1. The van der Waals surface area contributed by atoms with E-state index in [4.69, 9.17) is 5.11 Å². The second-order valence-electron chi connectivity index (χ2n) is 5.76. The van der Waals surface area contributed by atoms with Gasteiger partial charge in [-0.1, -0.05) is 30.3 Å². The molecule has 2 heterocycles. The zero-order valence-electron chi connectivity index (χ0n) is 12.8. The smallest absolute Gasteiger partial charge is 0.406 e. The molecule has 1 amide bonds. The van der Waals surface area contributed by atoms with E-state index < -0.39 is 36.4 Å². The van der Waals surface area contributed by atoms with Crippen LogP contribution in [0.25, 0.3) is 10.6 Å². The fourth-order valence-electron chi connectivity index (χ4n) is 2.75. The molecule has 1 aromatic carbocycles. The van der Waals surface area contributed by atoms with Crippen LogP contribution in [-0.2, 0) is 4.79 Å². The van der Waals surface area contributed by atoms with Gasteiger partial charge in [0, 0.05) is 18.7 Å². The molecule has 0 radical (unpaired) electrons. The van der Waals surface area contributed by atoms with Crippen molar-refractivity contribution in [2.45, 2.75) is 12.6 Å². The highest BCUT2D eigenvalue weighted by Crippen LogP contribution is 2.46. The predicted octanol–water partition coefficient (Wildman–Crippen LogP) is 3.29. The molecule has 1 aromatic heterocycles. The Labute approximate surface area is 144 Å². The Morgan fingerprint density at radius 2 is 1.92 bits per heavy atom. The Balaban J connectivity index is 1.81. The monoisotopic (exact) mass is 370 g/mol. The molecule has 0 spiro atoms. The lowest BCUT2D eigenvalue weighted by molar-refractivity contribution is -0.227. The van der Waals surface area contributed by atoms with E-state index in [1.165, 1.54) is 6.20 Å². The number of carboxylic acids is 1. The maximum atomic E-state index is 13.2. The summed E-state index contributed by atoms with van der Waals surface area (Å²) in [5.41, 5.74) is -2.11. The van der Waals surface area contributed by atoms with Gasteiger partial charge < -0.3 is 10.0 Å². The van der Waals surface area contributed by atoms with Gasteiger partial charge in [0.1, 0.15) is 9.88 Å². The highest BCUT2D eigenvalue weighted by Gasteiger charge is 2.64. The van der Waals surface area contributed by atoms with Crippen LogP contribution in [0, 0.1) is 5.41 Å². The summed E-state index contributed by atoms with van der Waals surface area (Å²) in [5.74, 6) is -2.59. The lowest BCUT2D eigenvalue weighted by atomic mass is 9.86. The third-order valence-electron chi connectivity index (χ3n) is 4.25. The number of carboxylic acid groups (broad SMARTS) is 1. The van der Waals surface area contributed by atoms with Crippen LogP contribution in [0.15, 0.2) is 36.5 Å². The Morgan fingerprint density at radius 1 is 1.24 bits per heavy atom. The van der Waals surface area contributed by atoms with Crippen molar-refractivity contribution in [3.8, 4) is 10.6 Å². The van der Waals surface area contributed by atoms with E-state index in [0.29, 0.717) is 5.01 Å². The maximum absolute atomic E-state index is 13.2. The summed E-state index contributed by atoms with van der Waals surface area (Å²) in [7, 11) is 0. The maximum Gasteiger partial charge on any atom is 0.406 e. The fraction of sp³-hybridized carbons (Fsp3) is 0.312. The van der Waals surface area contributed by atoms with Gasteiger partial charge in [0.25, 0.3) is 5.91 Å². The molecule has 3 rings (SSSR count). The Bertz CT molecular complexity index is 806. The number of benzene rings is 1. The zero-order chi connectivity index (χ0) is 18.2. The molecule has 25 heavy (non-hydrogen) atoms. The number of carbonyl (C=O) groups excluding carboxylic acids is 1. The van der Waals surface area contributed by atoms with Gasteiger partial charge in [-0.05, 0) is 6.42 Å². The standard InChI is InChI=1S/C16H13F3N2O3S/c17-16(18,19)15(14(23)24)6-7-21(9-15)13(22)11-8-20-12(25-11)10-4-2-1-3-5-10/h1-5,8H,6-7,9H2,(H,23,24). The topological polar surface area (TPSA) is 70.5 Å². The highest BCUT2D eigenvalue weighted by molar-refractivity contribution is 7.16. The van der Waals surface area contributed by atoms with Crippen LogP contribution in [0.5, 0.6) is 0 Å². The number of amides is 1. The average Bonchev–Trinajstić information content (AvgIpc) is 3.22.